The van der Waals surface area contributed by atoms with Crippen LogP contribution >= 0.6 is 0 Å². The SMILES string of the molecule is COc1cc([C@H]2N[C@@H](C(=O)O)Cc3c2[nH]c2ccccc32)cc(OC)c1O. The van der Waals surface area contributed by atoms with E-state index in [0.717, 1.165) is 27.7 Å². The summed E-state index contributed by atoms with van der Waals surface area (Å²) in [5, 5.41) is 24.0. The molecule has 4 rings (SSSR count). The number of hydrogen-bond acceptors (Lipinski definition) is 5. The Hall–Kier alpha value is -3.19. The Morgan fingerprint density at radius 2 is 1.81 bits per heavy atom. The Kier molecular flexibility index (Phi) is 4.16. The number of hydrogen-bond donors (Lipinski definition) is 4. The molecule has 7 heteroatoms. The fourth-order valence-corrected chi connectivity index (χ4v) is 3.74. The quantitative estimate of drug-likeness (QED) is 0.564. The second-order valence-electron chi connectivity index (χ2n) is 6.53. The van der Waals surface area contributed by atoms with Crippen molar-refractivity contribution in [3.05, 3.63) is 53.2 Å². The van der Waals surface area contributed by atoms with E-state index >= 15 is 0 Å². The molecule has 140 valence electrons. The van der Waals surface area contributed by atoms with Crippen LogP contribution in [0, 0.1) is 0 Å². The third kappa shape index (κ3) is 2.76. The molecule has 0 spiro atoms. The molecule has 0 saturated heterocycles. The molecule has 0 fully saturated rings. The van der Waals surface area contributed by atoms with Crippen LogP contribution in [0.4, 0.5) is 0 Å². The van der Waals surface area contributed by atoms with E-state index in [1.54, 1.807) is 12.1 Å². The second kappa shape index (κ2) is 6.51. The lowest BCUT2D eigenvalue weighted by atomic mass is 9.90. The molecule has 0 aliphatic carbocycles. The maximum absolute atomic E-state index is 11.7. The first kappa shape index (κ1) is 17.2. The predicted molar refractivity (Wildman–Crippen MR) is 99.6 cm³/mol. The summed E-state index contributed by atoms with van der Waals surface area (Å²) >= 11 is 0. The van der Waals surface area contributed by atoms with Gasteiger partial charge in [-0.1, -0.05) is 18.2 Å². The number of ether oxygens (including phenoxy) is 2. The maximum atomic E-state index is 11.7. The minimum absolute atomic E-state index is 0.0915. The highest BCUT2D eigenvalue weighted by Gasteiger charge is 2.34. The van der Waals surface area contributed by atoms with Crippen molar-refractivity contribution < 1.29 is 24.5 Å². The summed E-state index contributed by atoms with van der Waals surface area (Å²) in [6.45, 7) is 0. The highest BCUT2D eigenvalue weighted by atomic mass is 16.5. The number of aromatic hydroxyl groups is 1. The topological polar surface area (TPSA) is 104 Å². The van der Waals surface area contributed by atoms with Gasteiger partial charge in [-0.25, -0.2) is 0 Å². The third-order valence-corrected chi connectivity index (χ3v) is 5.04. The molecule has 0 bridgehead atoms. The number of fused-ring (bicyclic) bond motifs is 3. The Labute approximate surface area is 155 Å². The number of rotatable bonds is 4. The van der Waals surface area contributed by atoms with E-state index in [4.69, 9.17) is 9.47 Å². The number of aromatic amines is 1. The molecule has 4 N–H and O–H groups in total. The first-order valence-corrected chi connectivity index (χ1v) is 8.56. The molecule has 2 atom stereocenters. The number of nitrogens with one attached hydrogen (secondary N) is 2. The van der Waals surface area contributed by atoms with E-state index < -0.39 is 18.1 Å². The first-order chi connectivity index (χ1) is 13.0. The summed E-state index contributed by atoms with van der Waals surface area (Å²) in [5.74, 6) is -0.470. The zero-order chi connectivity index (χ0) is 19.1. The van der Waals surface area contributed by atoms with E-state index in [2.05, 4.69) is 10.3 Å². The Balaban J connectivity index is 1.91. The van der Waals surface area contributed by atoms with E-state index in [1.165, 1.54) is 14.2 Å². The molecule has 7 nitrogen and oxygen atoms in total. The summed E-state index contributed by atoms with van der Waals surface area (Å²) in [5.41, 5.74) is 3.58. The largest absolute Gasteiger partial charge is 0.502 e. The minimum Gasteiger partial charge on any atom is -0.502 e. The molecule has 0 radical (unpaired) electrons. The van der Waals surface area contributed by atoms with E-state index in [9.17, 15) is 15.0 Å². The fraction of sp³-hybridized carbons (Fsp3) is 0.250. The van der Waals surface area contributed by atoms with Gasteiger partial charge in [0.25, 0.3) is 0 Å². The van der Waals surface area contributed by atoms with Crippen LogP contribution < -0.4 is 14.8 Å². The molecule has 1 aliphatic rings. The molecule has 0 unspecified atom stereocenters. The van der Waals surface area contributed by atoms with Crippen LogP contribution in [0.3, 0.4) is 0 Å². The van der Waals surface area contributed by atoms with Crippen LogP contribution in [-0.2, 0) is 11.2 Å². The van der Waals surface area contributed by atoms with Gasteiger partial charge in [-0.15, -0.1) is 0 Å². The zero-order valence-corrected chi connectivity index (χ0v) is 14.9. The van der Waals surface area contributed by atoms with Gasteiger partial charge in [-0.05, 0) is 29.3 Å². The summed E-state index contributed by atoms with van der Waals surface area (Å²) in [6.07, 6.45) is 0.386. The summed E-state index contributed by atoms with van der Waals surface area (Å²) in [4.78, 5) is 15.2. The van der Waals surface area contributed by atoms with Gasteiger partial charge in [-0.2, -0.15) is 0 Å². The highest BCUT2D eigenvalue weighted by Crippen LogP contribution is 2.42. The molecule has 27 heavy (non-hydrogen) atoms. The van der Waals surface area contributed by atoms with Crippen molar-refractivity contribution in [3.8, 4) is 17.2 Å². The number of aromatic nitrogens is 1. The number of carbonyl (C=O) groups is 1. The number of H-pyrrole nitrogens is 1. The molecule has 1 aliphatic heterocycles. The van der Waals surface area contributed by atoms with Crippen molar-refractivity contribution in [3.63, 3.8) is 0 Å². The zero-order valence-electron chi connectivity index (χ0n) is 14.9. The molecule has 2 heterocycles. The second-order valence-corrected chi connectivity index (χ2v) is 6.53. The van der Waals surface area contributed by atoms with Gasteiger partial charge >= 0.3 is 5.97 Å². The first-order valence-electron chi connectivity index (χ1n) is 8.56. The van der Waals surface area contributed by atoms with Gasteiger partial charge in [0, 0.05) is 23.0 Å². The summed E-state index contributed by atoms with van der Waals surface area (Å²) in [7, 11) is 2.92. The van der Waals surface area contributed by atoms with E-state index in [-0.39, 0.29) is 17.2 Å². The van der Waals surface area contributed by atoms with Gasteiger partial charge in [0.05, 0.1) is 20.3 Å². The summed E-state index contributed by atoms with van der Waals surface area (Å²) < 4.78 is 10.5. The lowest BCUT2D eigenvalue weighted by Gasteiger charge is -2.30. The van der Waals surface area contributed by atoms with Crippen molar-refractivity contribution in [1.29, 1.82) is 0 Å². The molecule has 0 saturated carbocycles. The number of carboxylic acids is 1. The number of benzene rings is 2. The lowest BCUT2D eigenvalue weighted by Crippen LogP contribution is -2.44. The van der Waals surface area contributed by atoms with Gasteiger partial charge < -0.3 is 24.7 Å². The molecule has 1 aromatic heterocycles. The number of carboxylic acid groups (broad SMARTS) is 1. The predicted octanol–water partition coefficient (Wildman–Crippen LogP) is 2.58. The van der Waals surface area contributed by atoms with E-state index in [0.29, 0.717) is 6.42 Å². The van der Waals surface area contributed by atoms with Crippen molar-refractivity contribution in [1.82, 2.24) is 10.3 Å². The van der Waals surface area contributed by atoms with Crippen molar-refractivity contribution in [2.24, 2.45) is 0 Å². The van der Waals surface area contributed by atoms with Gasteiger partial charge in [0.15, 0.2) is 11.5 Å². The van der Waals surface area contributed by atoms with Crippen LogP contribution in [0.25, 0.3) is 10.9 Å². The lowest BCUT2D eigenvalue weighted by molar-refractivity contribution is -0.139. The highest BCUT2D eigenvalue weighted by molar-refractivity contribution is 5.87. The Morgan fingerprint density at radius 3 is 2.44 bits per heavy atom. The van der Waals surface area contributed by atoms with Gasteiger partial charge in [-0.3, -0.25) is 10.1 Å². The Morgan fingerprint density at radius 1 is 1.15 bits per heavy atom. The van der Waals surface area contributed by atoms with Crippen molar-refractivity contribution in [2.75, 3.05) is 14.2 Å². The fourth-order valence-electron chi connectivity index (χ4n) is 3.74. The number of phenolic OH excluding ortho intramolecular Hbond substituents is 1. The standard InChI is InChI=1S/C20H20N2O5/c1-26-15-7-10(8-16(27-2)19(15)23)17-18-12(9-14(22-17)20(24)25)11-5-3-4-6-13(11)21-18/h3-8,14,17,21-23H,9H2,1-2H3,(H,24,25)/t14-,17-/m1/s1. The minimum atomic E-state index is -0.909. The van der Waals surface area contributed by atoms with Crippen molar-refractivity contribution >= 4 is 16.9 Å². The Bertz CT molecular complexity index is 1000. The molecular formula is C20H20N2O5. The third-order valence-electron chi connectivity index (χ3n) is 5.04. The molecule has 2 aromatic carbocycles. The number of para-hydroxylation sites is 1. The maximum Gasteiger partial charge on any atom is 0.321 e. The molecule has 3 aromatic rings. The summed E-state index contributed by atoms with van der Waals surface area (Å²) in [6, 6.07) is 10.1. The number of phenols is 1. The van der Waals surface area contributed by atoms with Gasteiger partial charge in [0.2, 0.25) is 5.75 Å². The smallest absolute Gasteiger partial charge is 0.321 e. The van der Waals surface area contributed by atoms with Crippen LogP contribution in [0.2, 0.25) is 0 Å². The molecular weight excluding hydrogens is 348 g/mol. The van der Waals surface area contributed by atoms with Crippen molar-refractivity contribution in [2.45, 2.75) is 18.5 Å². The van der Waals surface area contributed by atoms with Crippen LogP contribution in [-0.4, -0.2) is 41.4 Å². The van der Waals surface area contributed by atoms with E-state index in [1.807, 2.05) is 24.3 Å². The monoisotopic (exact) mass is 368 g/mol. The van der Waals surface area contributed by atoms with Gasteiger partial charge in [0.1, 0.15) is 6.04 Å². The van der Waals surface area contributed by atoms with Crippen LogP contribution in [0.15, 0.2) is 36.4 Å². The van der Waals surface area contributed by atoms with Crippen LogP contribution in [0.1, 0.15) is 22.9 Å². The normalized spacial score (nSPS) is 18.9. The average molecular weight is 368 g/mol. The number of methoxy groups -OCH3 is 2. The van der Waals surface area contributed by atoms with Crippen LogP contribution in [0.5, 0.6) is 17.2 Å². The average Bonchev–Trinajstić information content (AvgIpc) is 3.06. The number of aliphatic carboxylic acids is 1. The molecule has 0 amide bonds.